The van der Waals surface area contributed by atoms with Gasteiger partial charge in [-0.1, -0.05) is 27.7 Å². The molecular weight excluding hydrogens is 563 g/mol. The number of hydrogen-bond donors (Lipinski definition) is 3. The highest BCUT2D eigenvalue weighted by Crippen LogP contribution is 2.47. The molecule has 0 bridgehead atoms. The number of nitrogens with zero attached hydrogens (tertiary/aromatic N) is 2. The van der Waals surface area contributed by atoms with E-state index in [0.29, 0.717) is 57.8 Å². The van der Waals surface area contributed by atoms with Crippen LogP contribution in [0.15, 0.2) is 0 Å². The third-order valence-electron chi connectivity index (χ3n) is 7.20. The summed E-state index contributed by atoms with van der Waals surface area (Å²) in [6.45, 7) is 18.0. The zero-order valence-electron chi connectivity index (χ0n) is 27.0. The fourth-order valence-electron chi connectivity index (χ4n) is 5.32. The lowest BCUT2D eigenvalue weighted by atomic mass is 10.2. The number of phosphoric acid groups is 1. The molecule has 5 atom stereocenters. The van der Waals surface area contributed by atoms with Crippen LogP contribution in [0.2, 0.25) is 0 Å². The third-order valence-corrected chi connectivity index (χ3v) is 8.24. The van der Waals surface area contributed by atoms with E-state index in [-0.39, 0.29) is 55.4 Å². The van der Waals surface area contributed by atoms with Gasteiger partial charge >= 0.3 is 7.82 Å². The van der Waals surface area contributed by atoms with Crippen LogP contribution in [-0.2, 0) is 32.7 Å². The van der Waals surface area contributed by atoms with E-state index in [1.54, 1.807) is 9.80 Å². The predicted molar refractivity (Wildman–Crippen MR) is 162 cm³/mol. The zero-order chi connectivity index (χ0) is 31.4. The fraction of sp³-hybridized carbons (Fsp3) is 0.931. The second kappa shape index (κ2) is 18.0. The Balaban J connectivity index is 1.98. The Morgan fingerprint density at radius 3 is 1.95 bits per heavy atom. The lowest BCUT2D eigenvalue weighted by Gasteiger charge is -2.26. The van der Waals surface area contributed by atoms with Crippen molar-refractivity contribution >= 4 is 19.6 Å². The minimum absolute atomic E-state index is 0.00376. The first-order valence-corrected chi connectivity index (χ1v) is 17.1. The molecule has 0 aromatic rings. The first-order valence-electron chi connectivity index (χ1n) is 15.6. The number of carbonyl (C=O) groups excluding carboxylic acids is 2. The van der Waals surface area contributed by atoms with Crippen LogP contribution in [0, 0.1) is 0 Å². The van der Waals surface area contributed by atoms with Crippen molar-refractivity contribution in [3.63, 3.8) is 0 Å². The van der Waals surface area contributed by atoms with Gasteiger partial charge in [0.1, 0.15) is 0 Å². The first kappa shape index (κ1) is 37.1. The molecule has 246 valence electrons. The van der Waals surface area contributed by atoms with Crippen LogP contribution >= 0.6 is 7.82 Å². The molecule has 2 rings (SSSR count). The molecule has 3 N–H and O–H groups in total. The molecule has 0 saturated carbocycles. The minimum Gasteiger partial charge on any atom is -0.377 e. The van der Waals surface area contributed by atoms with Gasteiger partial charge in [0.25, 0.3) is 0 Å². The average Bonchev–Trinajstić information content (AvgIpc) is 3.46. The van der Waals surface area contributed by atoms with Crippen LogP contribution in [0.3, 0.4) is 0 Å². The zero-order valence-corrected chi connectivity index (χ0v) is 27.9. The van der Waals surface area contributed by atoms with E-state index in [1.165, 1.54) is 0 Å². The minimum atomic E-state index is -4.47. The lowest BCUT2D eigenvalue weighted by Crippen LogP contribution is -2.40. The molecule has 0 aromatic carbocycles. The van der Waals surface area contributed by atoms with Crippen molar-refractivity contribution in [2.24, 2.45) is 0 Å². The summed E-state index contributed by atoms with van der Waals surface area (Å²) in [6, 6.07) is -0.0395. The molecule has 2 heterocycles. The second-order valence-corrected chi connectivity index (χ2v) is 14.0. The summed E-state index contributed by atoms with van der Waals surface area (Å²) in [5.74, 6) is -0.0807. The number of likely N-dealkylation sites (tertiary alicyclic amines) is 2. The van der Waals surface area contributed by atoms with E-state index in [1.807, 2.05) is 41.5 Å². The maximum atomic E-state index is 13.1. The Morgan fingerprint density at radius 1 is 0.810 bits per heavy atom. The molecule has 2 aliphatic rings. The number of nitrogens with one attached hydrogen (secondary N) is 2. The van der Waals surface area contributed by atoms with Gasteiger partial charge in [0, 0.05) is 44.6 Å². The molecule has 2 aliphatic heterocycles. The summed E-state index contributed by atoms with van der Waals surface area (Å²) in [7, 11) is -4.47. The summed E-state index contributed by atoms with van der Waals surface area (Å²) in [6.07, 6.45) is 1.41. The van der Waals surface area contributed by atoms with Crippen molar-refractivity contribution in [3.05, 3.63) is 0 Å². The highest BCUT2D eigenvalue weighted by Gasteiger charge is 2.41. The number of hydrogen-bond acceptors (Lipinski definition) is 9. The fourth-order valence-corrected chi connectivity index (χ4v) is 6.27. The molecule has 2 amide bonds. The van der Waals surface area contributed by atoms with E-state index < -0.39 is 20.0 Å². The van der Waals surface area contributed by atoms with Crippen molar-refractivity contribution in [1.82, 2.24) is 20.4 Å². The van der Waals surface area contributed by atoms with E-state index in [9.17, 15) is 19.0 Å². The summed E-state index contributed by atoms with van der Waals surface area (Å²) >= 11 is 0. The largest absolute Gasteiger partial charge is 0.472 e. The Hall–Kier alpha value is -1.11. The molecule has 0 aromatic heterocycles. The van der Waals surface area contributed by atoms with Gasteiger partial charge in [-0.05, 0) is 53.5 Å². The van der Waals surface area contributed by atoms with E-state index in [2.05, 4.69) is 24.5 Å². The smallest absolute Gasteiger partial charge is 0.377 e. The summed E-state index contributed by atoms with van der Waals surface area (Å²) in [5, 5.41) is 6.56. The monoisotopic (exact) mass is 620 g/mol. The molecule has 0 aliphatic carbocycles. The summed E-state index contributed by atoms with van der Waals surface area (Å²) in [4.78, 5) is 40.1. The normalized spacial score (nSPS) is 24.5. The Morgan fingerprint density at radius 2 is 1.36 bits per heavy atom. The van der Waals surface area contributed by atoms with Crippen molar-refractivity contribution in [2.45, 2.75) is 136 Å². The number of amides is 2. The van der Waals surface area contributed by atoms with Crippen LogP contribution in [0.1, 0.15) is 87.5 Å². The van der Waals surface area contributed by atoms with Crippen LogP contribution in [0.4, 0.5) is 0 Å². The number of carbonyl (C=O) groups is 2. The van der Waals surface area contributed by atoms with Crippen LogP contribution in [-0.4, -0.2) is 114 Å². The Kier molecular flexibility index (Phi) is 15.9. The van der Waals surface area contributed by atoms with Gasteiger partial charge < -0.3 is 34.8 Å². The standard InChI is InChI=1S/C29H57N4O8P/c1-20(2)30-12-9-10-28(34)32-16-26(40-23(7)8)14-25(32)19-39-42(36,37)41-27-15-24(18-38-22(5)6)33(17-27)29(35)11-13-31-21(3)4/h20-27,30-31H,9-19H2,1-8H3,(H,36,37)/t24-,25-,26+,27+/m0/s1. The summed E-state index contributed by atoms with van der Waals surface area (Å²) < 4.78 is 35.9. The Labute approximate surface area is 253 Å². The van der Waals surface area contributed by atoms with E-state index in [0.717, 1.165) is 6.54 Å². The molecule has 2 fully saturated rings. The number of phosphoric ester groups is 1. The predicted octanol–water partition coefficient (Wildman–Crippen LogP) is 3.08. The van der Waals surface area contributed by atoms with Gasteiger partial charge in [0.2, 0.25) is 11.8 Å². The van der Waals surface area contributed by atoms with Gasteiger partial charge in [-0.3, -0.25) is 18.6 Å². The van der Waals surface area contributed by atoms with Crippen molar-refractivity contribution < 1.29 is 37.6 Å². The van der Waals surface area contributed by atoms with Crippen molar-refractivity contribution in [2.75, 3.05) is 39.4 Å². The van der Waals surface area contributed by atoms with Gasteiger partial charge in [-0.2, -0.15) is 0 Å². The quantitative estimate of drug-likeness (QED) is 0.146. The molecule has 0 spiro atoms. The highest BCUT2D eigenvalue weighted by atomic mass is 31.2. The second-order valence-electron chi connectivity index (χ2n) is 12.6. The topological polar surface area (TPSA) is 139 Å². The van der Waals surface area contributed by atoms with Crippen molar-refractivity contribution in [1.29, 1.82) is 0 Å². The third kappa shape index (κ3) is 13.7. The van der Waals surface area contributed by atoms with Crippen molar-refractivity contribution in [3.8, 4) is 0 Å². The van der Waals surface area contributed by atoms with Gasteiger partial charge in [0.05, 0.1) is 49.7 Å². The number of rotatable bonds is 19. The molecule has 0 radical (unpaired) electrons. The molecule has 1 unspecified atom stereocenters. The van der Waals surface area contributed by atoms with E-state index in [4.69, 9.17) is 18.5 Å². The van der Waals surface area contributed by atoms with Gasteiger partial charge in [-0.25, -0.2) is 4.57 Å². The van der Waals surface area contributed by atoms with Crippen LogP contribution in [0.5, 0.6) is 0 Å². The molecule has 12 nitrogen and oxygen atoms in total. The molecule has 42 heavy (non-hydrogen) atoms. The van der Waals surface area contributed by atoms with Gasteiger partial charge in [-0.15, -0.1) is 0 Å². The highest BCUT2D eigenvalue weighted by molar-refractivity contribution is 7.47. The first-order chi connectivity index (χ1) is 19.7. The van der Waals surface area contributed by atoms with Crippen LogP contribution < -0.4 is 10.6 Å². The van der Waals surface area contributed by atoms with E-state index >= 15 is 0 Å². The maximum Gasteiger partial charge on any atom is 0.472 e. The van der Waals surface area contributed by atoms with Gasteiger partial charge in [0.15, 0.2) is 0 Å². The SMILES string of the molecule is CC(C)NCCCC(=O)N1C[C@H](OC(C)C)C[C@H]1COP(=O)(O)O[C@@H]1C[C@@H](COC(C)C)N(C(=O)CCNC(C)C)C1. The maximum absolute atomic E-state index is 13.1. The Bertz CT molecular complexity index is 875. The van der Waals surface area contributed by atoms with Crippen LogP contribution in [0.25, 0.3) is 0 Å². The lowest BCUT2D eigenvalue weighted by molar-refractivity contribution is -0.134. The summed E-state index contributed by atoms with van der Waals surface area (Å²) in [5.41, 5.74) is 0. The number of ether oxygens (including phenoxy) is 2. The molecule has 2 saturated heterocycles. The molecule has 13 heteroatoms. The molecular formula is C29H57N4O8P. The average molecular weight is 621 g/mol.